The van der Waals surface area contributed by atoms with Crippen LogP contribution in [-0.2, 0) is 6.54 Å². The topological polar surface area (TPSA) is 23.5 Å². The molecule has 0 radical (unpaired) electrons. The van der Waals surface area contributed by atoms with Gasteiger partial charge in [-0.3, -0.25) is 0 Å². The normalized spacial score (nSPS) is 11.2. The van der Waals surface area contributed by atoms with Gasteiger partial charge in [-0.2, -0.15) is 0 Å². The summed E-state index contributed by atoms with van der Waals surface area (Å²) in [4.78, 5) is 2.33. The number of nitrogens with zero attached hydrogens (tertiary/aromatic N) is 1. The van der Waals surface area contributed by atoms with E-state index in [0.717, 1.165) is 25.9 Å². The van der Waals surface area contributed by atoms with Crippen LogP contribution in [0.25, 0.3) is 0 Å². The van der Waals surface area contributed by atoms with Crippen LogP contribution < -0.4 is 0 Å². The number of unbranched alkanes of at least 4 members (excludes halogenated alkanes) is 1. The molecule has 0 fully saturated rings. The first-order valence-corrected chi connectivity index (χ1v) is 6.40. The highest BCUT2D eigenvalue weighted by Gasteiger charge is 2.06. The molecule has 1 aromatic rings. The van der Waals surface area contributed by atoms with Crippen LogP contribution in [0, 0.1) is 20.8 Å². The molecule has 1 rings (SSSR count). The third kappa shape index (κ3) is 4.49. The van der Waals surface area contributed by atoms with Crippen LogP contribution in [0.15, 0.2) is 12.1 Å². The number of benzene rings is 1. The summed E-state index contributed by atoms with van der Waals surface area (Å²) < 4.78 is 0. The molecule has 2 heteroatoms. The second-order valence-corrected chi connectivity index (χ2v) is 5.05. The molecule has 1 aromatic carbocycles. The van der Waals surface area contributed by atoms with E-state index in [-0.39, 0.29) is 0 Å². The first kappa shape index (κ1) is 14.2. The fourth-order valence-electron chi connectivity index (χ4n) is 2.30. The van der Waals surface area contributed by atoms with Gasteiger partial charge in [-0.1, -0.05) is 17.7 Å². The molecule has 0 bridgehead atoms. The fourth-order valence-corrected chi connectivity index (χ4v) is 2.30. The quantitative estimate of drug-likeness (QED) is 0.766. The molecule has 0 saturated heterocycles. The highest BCUT2D eigenvalue weighted by Crippen LogP contribution is 2.18. The van der Waals surface area contributed by atoms with Gasteiger partial charge in [-0.05, 0) is 63.9 Å². The van der Waals surface area contributed by atoms with Crippen LogP contribution in [0.4, 0.5) is 0 Å². The summed E-state index contributed by atoms with van der Waals surface area (Å²) >= 11 is 0. The lowest BCUT2D eigenvalue weighted by Gasteiger charge is -2.20. The molecule has 96 valence electrons. The minimum absolute atomic E-state index is 0.302. The van der Waals surface area contributed by atoms with Gasteiger partial charge in [-0.15, -0.1) is 0 Å². The van der Waals surface area contributed by atoms with E-state index in [9.17, 15) is 0 Å². The molecule has 0 saturated carbocycles. The van der Waals surface area contributed by atoms with Gasteiger partial charge < -0.3 is 10.0 Å². The average Bonchev–Trinajstić information content (AvgIpc) is 2.24. The molecule has 0 amide bonds. The second-order valence-electron chi connectivity index (χ2n) is 5.05. The van der Waals surface area contributed by atoms with Crippen LogP contribution in [0.5, 0.6) is 0 Å². The van der Waals surface area contributed by atoms with Gasteiger partial charge in [0.25, 0.3) is 0 Å². The van der Waals surface area contributed by atoms with Crippen molar-refractivity contribution in [3.8, 4) is 0 Å². The first-order valence-electron chi connectivity index (χ1n) is 6.40. The van der Waals surface area contributed by atoms with Crippen LogP contribution in [0.1, 0.15) is 35.1 Å². The predicted octanol–water partition coefficient (Wildman–Crippen LogP) is 2.82. The monoisotopic (exact) mass is 235 g/mol. The van der Waals surface area contributed by atoms with E-state index in [4.69, 9.17) is 5.11 Å². The van der Waals surface area contributed by atoms with E-state index >= 15 is 0 Å². The van der Waals surface area contributed by atoms with Gasteiger partial charge in [0.15, 0.2) is 0 Å². The molecular formula is C15H25NO. The summed E-state index contributed by atoms with van der Waals surface area (Å²) in [6, 6.07) is 4.51. The minimum atomic E-state index is 0.302. The maximum atomic E-state index is 8.77. The van der Waals surface area contributed by atoms with Gasteiger partial charge in [0.1, 0.15) is 0 Å². The van der Waals surface area contributed by atoms with E-state index in [1.165, 1.54) is 22.3 Å². The first-order chi connectivity index (χ1) is 8.04. The Morgan fingerprint density at radius 3 is 2.18 bits per heavy atom. The van der Waals surface area contributed by atoms with Crippen LogP contribution in [-0.4, -0.2) is 30.2 Å². The largest absolute Gasteiger partial charge is 0.396 e. The number of aryl methyl sites for hydroxylation is 3. The van der Waals surface area contributed by atoms with Gasteiger partial charge in [-0.25, -0.2) is 0 Å². The van der Waals surface area contributed by atoms with Crippen molar-refractivity contribution in [1.82, 2.24) is 4.90 Å². The molecule has 0 aromatic heterocycles. The maximum Gasteiger partial charge on any atom is 0.0431 e. The fraction of sp³-hybridized carbons (Fsp3) is 0.600. The highest BCUT2D eigenvalue weighted by atomic mass is 16.2. The summed E-state index contributed by atoms with van der Waals surface area (Å²) in [5.41, 5.74) is 5.56. The van der Waals surface area contributed by atoms with Crippen molar-refractivity contribution in [1.29, 1.82) is 0 Å². The molecule has 0 aliphatic carbocycles. The molecule has 1 N–H and O–H groups in total. The Bertz CT molecular complexity index is 337. The molecule has 17 heavy (non-hydrogen) atoms. The zero-order valence-corrected chi connectivity index (χ0v) is 11.6. The molecule has 0 aliphatic rings. The summed E-state index contributed by atoms with van der Waals surface area (Å²) in [5.74, 6) is 0. The van der Waals surface area contributed by atoms with Crippen molar-refractivity contribution in [2.45, 2.75) is 40.2 Å². The lowest BCUT2D eigenvalue weighted by molar-refractivity contribution is 0.261. The lowest BCUT2D eigenvalue weighted by Crippen LogP contribution is -2.20. The predicted molar refractivity (Wildman–Crippen MR) is 73.3 cm³/mol. The maximum absolute atomic E-state index is 8.77. The molecular weight excluding hydrogens is 210 g/mol. The molecule has 0 atom stereocenters. The van der Waals surface area contributed by atoms with Crippen molar-refractivity contribution in [2.75, 3.05) is 20.2 Å². The Morgan fingerprint density at radius 2 is 1.65 bits per heavy atom. The van der Waals surface area contributed by atoms with Crippen LogP contribution >= 0.6 is 0 Å². The Labute approximate surface area is 105 Å². The van der Waals surface area contributed by atoms with Crippen LogP contribution in [0.3, 0.4) is 0 Å². The minimum Gasteiger partial charge on any atom is -0.396 e. The number of hydrogen-bond acceptors (Lipinski definition) is 2. The SMILES string of the molecule is Cc1cc(C)c(CN(C)CCCCO)c(C)c1. The number of aliphatic hydroxyl groups is 1. The zero-order valence-electron chi connectivity index (χ0n) is 11.6. The van der Waals surface area contributed by atoms with Gasteiger partial charge in [0.2, 0.25) is 0 Å². The molecule has 0 aliphatic heterocycles. The number of hydrogen-bond donors (Lipinski definition) is 1. The van der Waals surface area contributed by atoms with Gasteiger partial charge in [0.05, 0.1) is 0 Å². The Balaban J connectivity index is 2.61. The van der Waals surface area contributed by atoms with Gasteiger partial charge in [0, 0.05) is 13.2 Å². The zero-order chi connectivity index (χ0) is 12.8. The summed E-state index contributed by atoms with van der Waals surface area (Å²) in [7, 11) is 2.15. The van der Waals surface area contributed by atoms with E-state index in [2.05, 4.69) is 44.9 Å². The Hall–Kier alpha value is -0.860. The summed E-state index contributed by atoms with van der Waals surface area (Å²) in [5, 5.41) is 8.77. The van der Waals surface area contributed by atoms with Crippen LogP contribution in [0.2, 0.25) is 0 Å². The summed E-state index contributed by atoms with van der Waals surface area (Å²) in [6.45, 7) is 8.88. The van der Waals surface area contributed by atoms with Crippen molar-refractivity contribution < 1.29 is 5.11 Å². The molecule has 2 nitrogen and oxygen atoms in total. The number of rotatable bonds is 6. The van der Waals surface area contributed by atoms with E-state index in [0.29, 0.717) is 6.61 Å². The smallest absolute Gasteiger partial charge is 0.0431 e. The number of aliphatic hydroxyl groups excluding tert-OH is 1. The molecule has 0 unspecified atom stereocenters. The van der Waals surface area contributed by atoms with Crippen molar-refractivity contribution in [3.63, 3.8) is 0 Å². The van der Waals surface area contributed by atoms with Crippen molar-refractivity contribution in [2.24, 2.45) is 0 Å². The summed E-state index contributed by atoms with van der Waals surface area (Å²) in [6.07, 6.45) is 1.97. The molecule has 0 heterocycles. The van der Waals surface area contributed by atoms with Gasteiger partial charge >= 0.3 is 0 Å². The third-order valence-corrected chi connectivity index (χ3v) is 3.22. The lowest BCUT2D eigenvalue weighted by atomic mass is 9.99. The molecule has 0 spiro atoms. The van der Waals surface area contributed by atoms with E-state index < -0.39 is 0 Å². The third-order valence-electron chi connectivity index (χ3n) is 3.22. The van der Waals surface area contributed by atoms with E-state index in [1.807, 2.05) is 0 Å². The van der Waals surface area contributed by atoms with Crippen molar-refractivity contribution in [3.05, 3.63) is 34.4 Å². The second kappa shape index (κ2) is 6.77. The standard InChI is InChI=1S/C15H25NO/c1-12-9-13(2)15(14(3)10-12)11-16(4)7-5-6-8-17/h9-10,17H,5-8,11H2,1-4H3. The average molecular weight is 235 g/mol. The Morgan fingerprint density at radius 1 is 1.06 bits per heavy atom. The Kier molecular flexibility index (Phi) is 5.66. The van der Waals surface area contributed by atoms with Crippen molar-refractivity contribution >= 4 is 0 Å². The van der Waals surface area contributed by atoms with E-state index in [1.54, 1.807) is 0 Å². The highest BCUT2D eigenvalue weighted by molar-refractivity contribution is 5.37.